The van der Waals surface area contributed by atoms with Crippen LogP contribution in [0.5, 0.6) is 11.5 Å². The van der Waals surface area contributed by atoms with E-state index in [1.165, 1.54) is 17.1 Å². The summed E-state index contributed by atoms with van der Waals surface area (Å²) in [5, 5.41) is 0. The van der Waals surface area contributed by atoms with Crippen molar-refractivity contribution >= 4 is 11.8 Å². The Balaban J connectivity index is 2.06. The van der Waals surface area contributed by atoms with Crippen LogP contribution in [0.25, 0.3) is 0 Å². The van der Waals surface area contributed by atoms with Gasteiger partial charge in [0.05, 0.1) is 19.3 Å². The molecule has 2 aliphatic rings. The maximum Gasteiger partial charge on any atom is 0.254 e. The molecule has 5 heteroatoms. The van der Waals surface area contributed by atoms with Gasteiger partial charge in [-0.15, -0.1) is 0 Å². The minimum Gasteiger partial charge on any atom is -0.490 e. The van der Waals surface area contributed by atoms with Crippen LogP contribution >= 0.6 is 0 Å². The lowest BCUT2D eigenvalue weighted by Crippen LogP contribution is -2.33. The van der Waals surface area contributed by atoms with E-state index >= 15 is 0 Å². The Morgan fingerprint density at radius 3 is 2.41 bits per heavy atom. The Bertz CT molecular complexity index is 632. The highest BCUT2D eigenvalue weighted by molar-refractivity contribution is 6.13. The molecule has 0 spiro atoms. The Morgan fingerprint density at radius 2 is 1.77 bits per heavy atom. The van der Waals surface area contributed by atoms with E-state index in [1.807, 2.05) is 26.0 Å². The predicted molar refractivity (Wildman–Crippen MR) is 80.8 cm³/mol. The van der Waals surface area contributed by atoms with Gasteiger partial charge in [0.2, 0.25) is 0 Å². The Labute approximate surface area is 129 Å². The summed E-state index contributed by atoms with van der Waals surface area (Å²) in [5.74, 6) is 0.818. The van der Waals surface area contributed by atoms with E-state index in [2.05, 4.69) is 0 Å². The van der Waals surface area contributed by atoms with E-state index in [0.29, 0.717) is 24.7 Å². The first kappa shape index (κ1) is 14.6. The Morgan fingerprint density at radius 1 is 1.09 bits per heavy atom. The van der Waals surface area contributed by atoms with Crippen molar-refractivity contribution in [2.75, 3.05) is 13.2 Å². The molecular formula is C17H19NO4. The van der Waals surface area contributed by atoms with Crippen LogP contribution in [0.3, 0.4) is 0 Å². The molecule has 5 nitrogen and oxygen atoms in total. The minimum absolute atomic E-state index is 0.257. The average Bonchev–Trinajstić information content (AvgIpc) is 3.05. The van der Waals surface area contributed by atoms with E-state index in [4.69, 9.17) is 9.47 Å². The molecular weight excluding hydrogens is 282 g/mol. The maximum atomic E-state index is 12.0. The molecule has 0 bridgehead atoms. The second-order valence-electron chi connectivity index (χ2n) is 5.27. The summed E-state index contributed by atoms with van der Waals surface area (Å²) in [6, 6.07) is 3.63. The van der Waals surface area contributed by atoms with Crippen molar-refractivity contribution < 1.29 is 19.1 Å². The van der Waals surface area contributed by atoms with Gasteiger partial charge in [0.25, 0.3) is 11.8 Å². The molecule has 1 aromatic carbocycles. The first-order valence-electron chi connectivity index (χ1n) is 7.64. The number of carbonyl (C=O) groups excluding carboxylic acids is 2. The van der Waals surface area contributed by atoms with Crippen LogP contribution in [0.4, 0.5) is 0 Å². The standard InChI is InChI=1S/C17H19NO4/c1-3-21-13-8-6-11-5-7-12(16(11)17(13)22-4-2)18-14(19)9-10-15(18)20/h6,8-10,12H,3-5,7H2,1-2H3/t12-/m0/s1. The molecule has 0 aromatic heterocycles. The fourth-order valence-electron chi connectivity index (χ4n) is 3.18. The van der Waals surface area contributed by atoms with E-state index in [9.17, 15) is 9.59 Å². The fraction of sp³-hybridized carbons (Fsp3) is 0.412. The van der Waals surface area contributed by atoms with Gasteiger partial charge < -0.3 is 9.47 Å². The maximum absolute atomic E-state index is 12.0. The molecule has 22 heavy (non-hydrogen) atoms. The second kappa shape index (κ2) is 5.83. The Hall–Kier alpha value is -2.30. The zero-order chi connectivity index (χ0) is 15.7. The minimum atomic E-state index is -0.271. The first-order chi connectivity index (χ1) is 10.7. The number of imide groups is 1. The smallest absolute Gasteiger partial charge is 0.254 e. The highest BCUT2D eigenvalue weighted by atomic mass is 16.5. The normalized spacial score (nSPS) is 19.7. The van der Waals surface area contributed by atoms with E-state index < -0.39 is 0 Å². The molecule has 0 saturated carbocycles. The van der Waals surface area contributed by atoms with Crippen LogP contribution < -0.4 is 9.47 Å². The van der Waals surface area contributed by atoms with Gasteiger partial charge in [-0.3, -0.25) is 14.5 Å². The summed E-state index contributed by atoms with van der Waals surface area (Å²) >= 11 is 0. The van der Waals surface area contributed by atoms with Crippen LogP contribution in [0.15, 0.2) is 24.3 Å². The largest absolute Gasteiger partial charge is 0.490 e. The van der Waals surface area contributed by atoms with Gasteiger partial charge in [-0.05, 0) is 38.3 Å². The van der Waals surface area contributed by atoms with Gasteiger partial charge >= 0.3 is 0 Å². The lowest BCUT2D eigenvalue weighted by atomic mass is 10.0. The van der Waals surface area contributed by atoms with Crippen molar-refractivity contribution in [3.8, 4) is 11.5 Å². The van der Waals surface area contributed by atoms with Crippen molar-refractivity contribution in [1.29, 1.82) is 0 Å². The molecule has 1 aromatic rings. The third kappa shape index (κ3) is 2.26. The molecule has 0 N–H and O–H groups in total. The fourth-order valence-corrected chi connectivity index (χ4v) is 3.18. The quantitative estimate of drug-likeness (QED) is 0.784. The summed E-state index contributed by atoms with van der Waals surface area (Å²) in [6.07, 6.45) is 4.20. The van der Waals surface area contributed by atoms with Gasteiger partial charge in [0.1, 0.15) is 0 Å². The lowest BCUT2D eigenvalue weighted by Gasteiger charge is -2.25. The number of hydrogen-bond acceptors (Lipinski definition) is 4. The van der Waals surface area contributed by atoms with Gasteiger partial charge in [0, 0.05) is 17.7 Å². The monoisotopic (exact) mass is 301 g/mol. The number of hydrogen-bond donors (Lipinski definition) is 0. The molecule has 3 rings (SSSR count). The van der Waals surface area contributed by atoms with E-state index in [0.717, 1.165) is 24.0 Å². The van der Waals surface area contributed by atoms with Crippen molar-refractivity contribution in [2.24, 2.45) is 0 Å². The van der Waals surface area contributed by atoms with Crippen LogP contribution in [-0.2, 0) is 16.0 Å². The number of amides is 2. The molecule has 0 radical (unpaired) electrons. The summed E-state index contributed by atoms with van der Waals surface area (Å²) in [7, 11) is 0. The molecule has 1 aliphatic carbocycles. The van der Waals surface area contributed by atoms with Gasteiger partial charge in [0.15, 0.2) is 11.5 Å². The topological polar surface area (TPSA) is 55.8 Å². The summed E-state index contributed by atoms with van der Waals surface area (Å²) in [6.45, 7) is 4.86. The molecule has 2 amide bonds. The SMILES string of the molecule is CCOc1ccc2c(c1OCC)[C@@H](N1C(=O)C=CC1=O)CC2. The highest BCUT2D eigenvalue weighted by Gasteiger charge is 2.39. The zero-order valence-electron chi connectivity index (χ0n) is 12.8. The number of fused-ring (bicyclic) bond motifs is 1. The number of ether oxygens (including phenoxy) is 2. The van der Waals surface area contributed by atoms with E-state index in [-0.39, 0.29) is 17.9 Å². The second-order valence-corrected chi connectivity index (χ2v) is 5.27. The van der Waals surface area contributed by atoms with E-state index in [1.54, 1.807) is 0 Å². The Kier molecular flexibility index (Phi) is 3.88. The first-order valence-corrected chi connectivity index (χ1v) is 7.64. The molecule has 0 saturated heterocycles. The van der Waals surface area contributed by atoms with Gasteiger partial charge in [-0.25, -0.2) is 0 Å². The van der Waals surface area contributed by atoms with Gasteiger partial charge in [-0.1, -0.05) is 6.07 Å². The van der Waals surface area contributed by atoms with Crippen LogP contribution in [0, 0.1) is 0 Å². The lowest BCUT2D eigenvalue weighted by molar-refractivity contribution is -0.139. The molecule has 0 unspecified atom stereocenters. The van der Waals surface area contributed by atoms with Crippen molar-refractivity contribution in [3.63, 3.8) is 0 Å². The number of aryl methyl sites for hydroxylation is 1. The van der Waals surface area contributed by atoms with Crippen LogP contribution in [0.1, 0.15) is 37.4 Å². The third-order valence-corrected chi connectivity index (χ3v) is 4.01. The van der Waals surface area contributed by atoms with Crippen LogP contribution in [0.2, 0.25) is 0 Å². The predicted octanol–water partition coefficient (Wildman–Crippen LogP) is 2.40. The zero-order valence-corrected chi connectivity index (χ0v) is 12.8. The number of rotatable bonds is 5. The molecule has 1 aliphatic heterocycles. The van der Waals surface area contributed by atoms with Crippen LogP contribution in [-0.4, -0.2) is 29.9 Å². The number of carbonyl (C=O) groups is 2. The van der Waals surface area contributed by atoms with Crippen molar-refractivity contribution in [1.82, 2.24) is 4.90 Å². The number of benzene rings is 1. The molecule has 116 valence electrons. The number of nitrogens with zero attached hydrogens (tertiary/aromatic N) is 1. The van der Waals surface area contributed by atoms with Crippen molar-refractivity contribution in [2.45, 2.75) is 32.7 Å². The summed E-state index contributed by atoms with van der Waals surface area (Å²) in [5.41, 5.74) is 2.03. The summed E-state index contributed by atoms with van der Waals surface area (Å²) in [4.78, 5) is 25.3. The van der Waals surface area contributed by atoms with Crippen molar-refractivity contribution in [3.05, 3.63) is 35.4 Å². The molecule has 1 atom stereocenters. The molecule has 1 heterocycles. The third-order valence-electron chi connectivity index (χ3n) is 4.01. The average molecular weight is 301 g/mol. The highest BCUT2D eigenvalue weighted by Crippen LogP contribution is 2.46. The molecule has 0 fully saturated rings. The van der Waals surface area contributed by atoms with Gasteiger partial charge in [-0.2, -0.15) is 0 Å². The summed E-state index contributed by atoms with van der Waals surface area (Å²) < 4.78 is 11.4.